The largest absolute Gasteiger partial charge is 0.352 e. The molecule has 2 aromatic rings. The minimum absolute atomic E-state index is 0.281. The van der Waals surface area contributed by atoms with E-state index in [9.17, 15) is 18.0 Å². The van der Waals surface area contributed by atoms with Crippen molar-refractivity contribution in [2.24, 2.45) is 5.92 Å². The molecule has 2 rings (SSSR count). The van der Waals surface area contributed by atoms with Gasteiger partial charge < -0.3 is 10.6 Å². The normalized spacial score (nSPS) is 11.2. The third-order valence-corrected chi connectivity index (χ3v) is 5.31. The van der Waals surface area contributed by atoms with Crippen LogP contribution in [-0.2, 0) is 14.8 Å². The fourth-order valence-corrected chi connectivity index (χ4v) is 3.49. The molecule has 0 bridgehead atoms. The number of nitrogens with one attached hydrogen (secondary N) is 2. The number of nitrogens with zero attached hydrogens (tertiary/aromatic N) is 1. The van der Waals surface area contributed by atoms with E-state index < -0.39 is 22.5 Å². The number of carbonyl (C=O) groups is 2. The summed E-state index contributed by atoms with van der Waals surface area (Å²) in [6.07, 6.45) is 1.02. The molecular weight excluding hydrogens is 414 g/mol. The van der Waals surface area contributed by atoms with Gasteiger partial charge in [-0.15, -0.1) is 0 Å². The van der Waals surface area contributed by atoms with E-state index in [0.29, 0.717) is 28.5 Å². The zero-order valence-corrected chi connectivity index (χ0v) is 18.0. The third kappa shape index (κ3) is 6.76. The van der Waals surface area contributed by atoms with Crippen LogP contribution in [0.3, 0.4) is 0 Å². The maximum Gasteiger partial charge on any atom is 0.253 e. The Morgan fingerprint density at radius 3 is 2.28 bits per heavy atom. The quantitative estimate of drug-likeness (QED) is 0.663. The predicted molar refractivity (Wildman–Crippen MR) is 116 cm³/mol. The summed E-state index contributed by atoms with van der Waals surface area (Å²) in [6.45, 7) is 4.01. The van der Waals surface area contributed by atoms with Crippen LogP contribution in [-0.4, -0.2) is 39.6 Å². The molecule has 0 fully saturated rings. The third-order valence-electron chi connectivity index (χ3n) is 3.92. The summed E-state index contributed by atoms with van der Waals surface area (Å²) in [6, 6.07) is 12.7. The van der Waals surface area contributed by atoms with Gasteiger partial charge in [-0.05, 0) is 42.3 Å². The maximum absolute atomic E-state index is 12.6. The van der Waals surface area contributed by atoms with Crippen molar-refractivity contribution in [3.05, 3.63) is 59.1 Å². The molecule has 0 aliphatic carbocycles. The first-order valence-corrected chi connectivity index (χ1v) is 11.2. The number of para-hydroxylation sites is 1. The fourth-order valence-electron chi connectivity index (χ4n) is 2.51. The van der Waals surface area contributed by atoms with Gasteiger partial charge in [-0.25, -0.2) is 8.42 Å². The van der Waals surface area contributed by atoms with E-state index in [4.69, 9.17) is 11.6 Å². The number of halogens is 1. The molecule has 2 N–H and O–H groups in total. The van der Waals surface area contributed by atoms with Crippen LogP contribution >= 0.6 is 11.6 Å². The highest BCUT2D eigenvalue weighted by atomic mass is 35.5. The predicted octanol–water partition coefficient (Wildman–Crippen LogP) is 3.13. The van der Waals surface area contributed by atoms with E-state index >= 15 is 0 Å². The number of benzene rings is 2. The van der Waals surface area contributed by atoms with Crippen LogP contribution in [0.5, 0.6) is 0 Å². The molecular formula is C20H24ClN3O4S. The molecule has 0 spiro atoms. The highest BCUT2D eigenvalue weighted by Gasteiger charge is 2.22. The van der Waals surface area contributed by atoms with Crippen molar-refractivity contribution in [2.75, 3.05) is 29.0 Å². The van der Waals surface area contributed by atoms with Crippen LogP contribution < -0.4 is 14.9 Å². The minimum Gasteiger partial charge on any atom is -0.352 e. The Hall–Kier alpha value is -2.58. The molecule has 0 aliphatic heterocycles. The monoisotopic (exact) mass is 437 g/mol. The number of carbonyl (C=O) groups excluding carboxylic acids is 2. The molecule has 2 aromatic carbocycles. The van der Waals surface area contributed by atoms with Gasteiger partial charge in [0, 0.05) is 11.6 Å². The van der Waals surface area contributed by atoms with E-state index in [2.05, 4.69) is 10.6 Å². The van der Waals surface area contributed by atoms with Crippen molar-refractivity contribution >= 4 is 44.8 Å². The second kappa shape index (κ2) is 9.76. The van der Waals surface area contributed by atoms with Crippen LogP contribution in [0.2, 0.25) is 5.02 Å². The average Bonchev–Trinajstić information content (AvgIpc) is 2.64. The van der Waals surface area contributed by atoms with Gasteiger partial charge in [0.05, 0.1) is 23.2 Å². The molecule has 0 heterocycles. The Labute approximate surface area is 176 Å². The van der Waals surface area contributed by atoms with Gasteiger partial charge in [0.2, 0.25) is 15.9 Å². The molecule has 156 valence electrons. The highest BCUT2D eigenvalue weighted by molar-refractivity contribution is 7.92. The molecule has 0 radical (unpaired) electrons. The van der Waals surface area contributed by atoms with Crippen molar-refractivity contribution in [2.45, 2.75) is 13.8 Å². The van der Waals surface area contributed by atoms with Crippen LogP contribution in [0.15, 0.2) is 48.5 Å². The number of amides is 2. The lowest BCUT2D eigenvalue weighted by atomic mass is 10.1. The highest BCUT2D eigenvalue weighted by Crippen LogP contribution is 2.21. The number of anilines is 2. The lowest BCUT2D eigenvalue weighted by Gasteiger charge is -2.22. The van der Waals surface area contributed by atoms with Crippen molar-refractivity contribution in [3.8, 4) is 0 Å². The SMILES string of the molecule is CC(C)CNC(=O)c1ccccc1NC(=O)CN(c1ccc(Cl)cc1)S(C)(=O)=O. The molecule has 0 saturated heterocycles. The van der Waals surface area contributed by atoms with Crippen LogP contribution in [0.25, 0.3) is 0 Å². The first kappa shape index (κ1) is 22.7. The molecule has 0 unspecified atom stereocenters. The van der Waals surface area contributed by atoms with E-state index in [-0.39, 0.29) is 11.8 Å². The van der Waals surface area contributed by atoms with Gasteiger partial charge in [0.15, 0.2) is 0 Å². The summed E-state index contributed by atoms with van der Waals surface area (Å²) >= 11 is 5.85. The maximum atomic E-state index is 12.6. The van der Waals surface area contributed by atoms with Crippen molar-refractivity contribution in [3.63, 3.8) is 0 Å². The summed E-state index contributed by atoms with van der Waals surface area (Å²) in [7, 11) is -3.71. The van der Waals surface area contributed by atoms with Crippen molar-refractivity contribution in [1.29, 1.82) is 0 Å². The fraction of sp³-hybridized carbons (Fsp3) is 0.300. The number of rotatable bonds is 8. The zero-order valence-electron chi connectivity index (χ0n) is 16.5. The number of sulfonamides is 1. The van der Waals surface area contributed by atoms with Gasteiger partial charge in [-0.2, -0.15) is 0 Å². The van der Waals surface area contributed by atoms with E-state index in [1.165, 1.54) is 12.1 Å². The van der Waals surface area contributed by atoms with Gasteiger partial charge in [-0.3, -0.25) is 13.9 Å². The summed E-state index contributed by atoms with van der Waals surface area (Å²) in [5.74, 6) is -0.606. The molecule has 9 heteroatoms. The molecule has 0 atom stereocenters. The molecule has 7 nitrogen and oxygen atoms in total. The van der Waals surface area contributed by atoms with Crippen LogP contribution in [0.4, 0.5) is 11.4 Å². The Bertz CT molecular complexity index is 975. The summed E-state index contributed by atoms with van der Waals surface area (Å²) in [5, 5.41) is 5.88. The van der Waals surface area contributed by atoms with Gasteiger partial charge >= 0.3 is 0 Å². The van der Waals surface area contributed by atoms with Crippen molar-refractivity contribution < 1.29 is 18.0 Å². The molecule has 2 amide bonds. The van der Waals surface area contributed by atoms with Gasteiger partial charge in [0.1, 0.15) is 6.54 Å². The van der Waals surface area contributed by atoms with E-state index in [1.54, 1.807) is 36.4 Å². The van der Waals surface area contributed by atoms with Crippen molar-refractivity contribution in [1.82, 2.24) is 5.32 Å². The Morgan fingerprint density at radius 1 is 1.07 bits per heavy atom. The van der Waals surface area contributed by atoms with Crippen LogP contribution in [0.1, 0.15) is 24.2 Å². The smallest absolute Gasteiger partial charge is 0.253 e. The average molecular weight is 438 g/mol. The Kier molecular flexibility index (Phi) is 7.64. The zero-order chi connectivity index (χ0) is 21.6. The molecule has 0 aliphatic rings. The lowest BCUT2D eigenvalue weighted by Crippen LogP contribution is -2.37. The van der Waals surface area contributed by atoms with Crippen LogP contribution in [0, 0.1) is 5.92 Å². The Morgan fingerprint density at radius 2 is 1.69 bits per heavy atom. The first-order valence-electron chi connectivity index (χ1n) is 8.98. The van der Waals surface area contributed by atoms with E-state index in [1.807, 2.05) is 13.8 Å². The minimum atomic E-state index is -3.71. The van der Waals surface area contributed by atoms with Gasteiger partial charge in [0.25, 0.3) is 5.91 Å². The molecule has 29 heavy (non-hydrogen) atoms. The second-order valence-electron chi connectivity index (χ2n) is 6.94. The summed E-state index contributed by atoms with van der Waals surface area (Å²) in [4.78, 5) is 25.0. The van der Waals surface area contributed by atoms with Gasteiger partial charge in [-0.1, -0.05) is 37.6 Å². The Balaban J connectivity index is 2.19. The number of hydrogen-bond donors (Lipinski definition) is 2. The molecule has 0 aromatic heterocycles. The molecule has 0 saturated carbocycles. The lowest BCUT2D eigenvalue weighted by molar-refractivity contribution is -0.114. The first-order chi connectivity index (χ1) is 13.6. The van der Waals surface area contributed by atoms with E-state index in [0.717, 1.165) is 10.6 Å². The second-order valence-corrected chi connectivity index (χ2v) is 9.29. The summed E-state index contributed by atoms with van der Waals surface area (Å²) in [5.41, 5.74) is 0.928. The summed E-state index contributed by atoms with van der Waals surface area (Å²) < 4.78 is 25.3. The standard InChI is InChI=1S/C20H24ClN3O4S/c1-14(2)12-22-20(26)17-6-4-5-7-18(17)23-19(25)13-24(29(3,27)28)16-10-8-15(21)9-11-16/h4-11,14H,12-13H2,1-3H3,(H,22,26)(H,23,25). The number of hydrogen-bond acceptors (Lipinski definition) is 4. The topological polar surface area (TPSA) is 95.6 Å².